The largest absolute Gasteiger partial charge is 0.332 e. The molecule has 1 aliphatic rings. The second-order valence-corrected chi connectivity index (χ2v) is 6.67. The van der Waals surface area contributed by atoms with Gasteiger partial charge in [-0.3, -0.25) is 4.68 Å². The van der Waals surface area contributed by atoms with E-state index in [0.29, 0.717) is 18.2 Å². The Morgan fingerprint density at radius 2 is 2.08 bits per heavy atom. The summed E-state index contributed by atoms with van der Waals surface area (Å²) in [5.74, 6) is 0.604. The Labute approximate surface area is 152 Å². The molecule has 1 fully saturated rings. The molecular formula is C19H22N6O. The number of nitrogens with one attached hydrogen (secondary N) is 2. The van der Waals surface area contributed by atoms with E-state index in [1.165, 1.54) is 18.4 Å². The zero-order chi connectivity index (χ0) is 18.1. The zero-order valence-electron chi connectivity index (χ0n) is 14.9. The summed E-state index contributed by atoms with van der Waals surface area (Å²) in [5.41, 5.74) is 4.78. The monoisotopic (exact) mass is 350 g/mol. The third kappa shape index (κ3) is 3.33. The molecule has 1 saturated carbocycles. The van der Waals surface area contributed by atoms with Crippen molar-refractivity contribution in [2.75, 3.05) is 5.32 Å². The lowest BCUT2D eigenvalue weighted by molar-refractivity contribution is 0.251. The maximum absolute atomic E-state index is 12.4. The molecule has 0 spiro atoms. The lowest BCUT2D eigenvalue weighted by atomic mass is 10.1. The number of amides is 2. The highest BCUT2D eigenvalue weighted by Crippen LogP contribution is 2.41. The average Bonchev–Trinajstić information content (AvgIpc) is 3.28. The molecule has 2 heterocycles. The maximum atomic E-state index is 12.4. The number of hydrogen-bond donors (Lipinski definition) is 2. The second-order valence-electron chi connectivity index (χ2n) is 6.67. The summed E-state index contributed by atoms with van der Waals surface area (Å²) in [6.45, 7) is 2.39. The number of urea groups is 1. The molecule has 2 N–H and O–H groups in total. The van der Waals surface area contributed by atoms with Crippen molar-refractivity contribution in [3.05, 3.63) is 59.7 Å². The highest BCUT2D eigenvalue weighted by Gasteiger charge is 2.28. The van der Waals surface area contributed by atoms with Gasteiger partial charge in [-0.05, 0) is 49.4 Å². The molecule has 0 unspecified atom stereocenters. The van der Waals surface area contributed by atoms with Crippen LogP contribution in [-0.4, -0.2) is 25.6 Å². The Morgan fingerprint density at radius 3 is 2.81 bits per heavy atom. The summed E-state index contributed by atoms with van der Waals surface area (Å²) < 4.78 is 3.60. The fourth-order valence-electron chi connectivity index (χ4n) is 3.09. The molecule has 134 valence electrons. The van der Waals surface area contributed by atoms with E-state index in [1.807, 2.05) is 61.4 Å². The highest BCUT2D eigenvalue weighted by atomic mass is 16.2. The molecule has 1 aromatic carbocycles. The Balaban J connectivity index is 1.45. The van der Waals surface area contributed by atoms with Gasteiger partial charge in [-0.25, -0.2) is 9.48 Å². The van der Waals surface area contributed by atoms with E-state index < -0.39 is 0 Å². The minimum absolute atomic E-state index is 0.246. The van der Waals surface area contributed by atoms with E-state index in [9.17, 15) is 4.79 Å². The molecule has 0 saturated heterocycles. The van der Waals surface area contributed by atoms with Gasteiger partial charge in [-0.2, -0.15) is 10.2 Å². The summed E-state index contributed by atoms with van der Waals surface area (Å²) in [5, 5.41) is 14.6. The molecule has 0 aliphatic heterocycles. The number of hydrogen-bond acceptors (Lipinski definition) is 3. The van der Waals surface area contributed by atoms with Gasteiger partial charge in [-0.15, -0.1) is 0 Å². The van der Waals surface area contributed by atoms with Crippen molar-refractivity contribution in [3.63, 3.8) is 0 Å². The number of benzene rings is 1. The van der Waals surface area contributed by atoms with Gasteiger partial charge in [0.15, 0.2) is 0 Å². The smallest absolute Gasteiger partial charge is 0.319 e. The van der Waals surface area contributed by atoms with Crippen LogP contribution in [0.5, 0.6) is 0 Å². The summed E-state index contributed by atoms with van der Waals surface area (Å²) in [6, 6.07) is 9.29. The van der Waals surface area contributed by atoms with Crippen LogP contribution in [0.25, 0.3) is 5.69 Å². The van der Waals surface area contributed by atoms with Crippen LogP contribution in [0.3, 0.4) is 0 Å². The first-order valence-corrected chi connectivity index (χ1v) is 8.79. The lowest BCUT2D eigenvalue weighted by Gasteiger charge is -2.13. The van der Waals surface area contributed by atoms with Crippen LogP contribution in [0.1, 0.15) is 35.7 Å². The van der Waals surface area contributed by atoms with Gasteiger partial charge in [0, 0.05) is 13.2 Å². The van der Waals surface area contributed by atoms with Crippen molar-refractivity contribution in [1.82, 2.24) is 24.9 Å². The van der Waals surface area contributed by atoms with E-state index in [0.717, 1.165) is 17.1 Å². The van der Waals surface area contributed by atoms with E-state index in [4.69, 9.17) is 0 Å². The topological polar surface area (TPSA) is 76.8 Å². The van der Waals surface area contributed by atoms with Crippen molar-refractivity contribution in [3.8, 4) is 5.69 Å². The molecular weight excluding hydrogens is 328 g/mol. The van der Waals surface area contributed by atoms with Gasteiger partial charge >= 0.3 is 6.03 Å². The first-order valence-electron chi connectivity index (χ1n) is 8.79. The molecule has 0 radical (unpaired) electrons. The Bertz CT molecular complexity index is 937. The minimum atomic E-state index is -0.246. The summed E-state index contributed by atoms with van der Waals surface area (Å²) in [7, 11) is 1.91. The van der Waals surface area contributed by atoms with Crippen LogP contribution >= 0.6 is 0 Å². The maximum Gasteiger partial charge on any atom is 0.319 e. The number of carbonyl (C=O) groups excluding carboxylic acids is 1. The molecule has 0 bridgehead atoms. The van der Waals surface area contributed by atoms with Crippen LogP contribution in [0.4, 0.5) is 10.5 Å². The molecule has 7 heteroatoms. The number of aromatic nitrogens is 4. The highest BCUT2D eigenvalue weighted by molar-refractivity contribution is 5.91. The van der Waals surface area contributed by atoms with Crippen molar-refractivity contribution >= 4 is 11.7 Å². The van der Waals surface area contributed by atoms with E-state index in [1.54, 1.807) is 4.68 Å². The van der Waals surface area contributed by atoms with Crippen LogP contribution in [0, 0.1) is 6.92 Å². The van der Waals surface area contributed by atoms with Crippen LogP contribution < -0.4 is 10.6 Å². The Kier molecular flexibility index (Phi) is 4.20. The minimum Gasteiger partial charge on any atom is -0.332 e. The number of carbonyl (C=O) groups is 1. The average molecular weight is 350 g/mol. The first-order chi connectivity index (χ1) is 12.6. The molecule has 0 atom stereocenters. The molecule has 4 rings (SSSR count). The molecule has 26 heavy (non-hydrogen) atoms. The van der Waals surface area contributed by atoms with Crippen molar-refractivity contribution in [2.24, 2.45) is 7.05 Å². The first kappa shape index (κ1) is 16.4. The summed E-state index contributed by atoms with van der Waals surface area (Å²) >= 11 is 0. The number of anilines is 1. The SMILES string of the molecule is Cc1ccn(-c2ccccc2NC(=O)NCc2c(C3CC3)cnn2C)n1. The fourth-order valence-corrected chi connectivity index (χ4v) is 3.09. The van der Waals surface area contributed by atoms with Crippen molar-refractivity contribution < 1.29 is 4.79 Å². The zero-order valence-corrected chi connectivity index (χ0v) is 14.9. The molecule has 2 aromatic heterocycles. The van der Waals surface area contributed by atoms with Crippen LogP contribution in [0.2, 0.25) is 0 Å². The number of para-hydroxylation sites is 2. The fraction of sp³-hybridized carbons (Fsp3) is 0.316. The molecule has 7 nitrogen and oxygen atoms in total. The number of nitrogens with zero attached hydrogens (tertiary/aromatic N) is 4. The Morgan fingerprint density at radius 1 is 1.27 bits per heavy atom. The van der Waals surface area contributed by atoms with Gasteiger partial charge in [0.1, 0.15) is 0 Å². The van der Waals surface area contributed by atoms with Gasteiger partial charge in [0.2, 0.25) is 0 Å². The van der Waals surface area contributed by atoms with E-state index >= 15 is 0 Å². The molecule has 1 aliphatic carbocycles. The van der Waals surface area contributed by atoms with E-state index in [-0.39, 0.29) is 6.03 Å². The molecule has 3 aromatic rings. The van der Waals surface area contributed by atoms with E-state index in [2.05, 4.69) is 20.8 Å². The van der Waals surface area contributed by atoms with Gasteiger partial charge in [-0.1, -0.05) is 12.1 Å². The predicted octanol–water partition coefficient (Wildman–Crippen LogP) is 3.11. The van der Waals surface area contributed by atoms with Crippen LogP contribution in [0.15, 0.2) is 42.7 Å². The van der Waals surface area contributed by atoms with Gasteiger partial charge in [0.25, 0.3) is 0 Å². The Hall–Kier alpha value is -3.09. The van der Waals surface area contributed by atoms with Gasteiger partial charge in [0.05, 0.1) is 35.5 Å². The number of aryl methyl sites for hydroxylation is 2. The quantitative estimate of drug-likeness (QED) is 0.742. The summed E-state index contributed by atoms with van der Waals surface area (Å²) in [4.78, 5) is 12.4. The third-order valence-corrected chi connectivity index (χ3v) is 4.65. The summed E-state index contributed by atoms with van der Waals surface area (Å²) in [6.07, 6.45) is 6.22. The predicted molar refractivity (Wildman–Crippen MR) is 99.3 cm³/mol. The third-order valence-electron chi connectivity index (χ3n) is 4.65. The van der Waals surface area contributed by atoms with Gasteiger partial charge < -0.3 is 10.6 Å². The standard InChI is InChI=1S/C19H22N6O/c1-13-9-10-25(23-13)17-6-4-3-5-16(17)22-19(26)20-12-18-15(14-7-8-14)11-21-24(18)2/h3-6,9-11,14H,7-8,12H2,1-2H3,(H2,20,22,26). The van der Waals surface area contributed by atoms with Crippen molar-refractivity contribution in [1.29, 1.82) is 0 Å². The number of rotatable bonds is 5. The van der Waals surface area contributed by atoms with Crippen LogP contribution in [-0.2, 0) is 13.6 Å². The molecule has 2 amide bonds. The normalized spacial score (nSPS) is 13.6. The van der Waals surface area contributed by atoms with Crippen molar-refractivity contribution in [2.45, 2.75) is 32.2 Å². The second kappa shape index (κ2) is 6.67. The lowest BCUT2D eigenvalue weighted by Crippen LogP contribution is -2.29.